The fourth-order valence-electron chi connectivity index (χ4n) is 3.70. The van der Waals surface area contributed by atoms with E-state index in [0.717, 1.165) is 5.56 Å². The van der Waals surface area contributed by atoms with E-state index < -0.39 is 28.1 Å². The Morgan fingerprint density at radius 2 is 1.77 bits per heavy atom. The van der Waals surface area contributed by atoms with E-state index in [2.05, 4.69) is 21.4 Å². The fourth-order valence-corrected chi connectivity index (χ4v) is 4.91. The number of allylic oxidation sites excluding steroid dienone is 4. The van der Waals surface area contributed by atoms with Gasteiger partial charge in [0.05, 0.1) is 23.3 Å². The summed E-state index contributed by atoms with van der Waals surface area (Å²) in [5.41, 5.74) is 7.48. The molecule has 0 spiro atoms. The highest BCUT2D eigenvalue weighted by atomic mass is 35.5. The number of halogens is 2. The van der Waals surface area contributed by atoms with Crippen LogP contribution in [0.25, 0.3) is 0 Å². The van der Waals surface area contributed by atoms with Crippen LogP contribution in [0, 0.1) is 5.92 Å². The second-order valence-corrected chi connectivity index (χ2v) is 11.2. The van der Waals surface area contributed by atoms with Crippen molar-refractivity contribution in [3.63, 3.8) is 0 Å². The van der Waals surface area contributed by atoms with Crippen LogP contribution in [0.1, 0.15) is 19.4 Å². The van der Waals surface area contributed by atoms with Gasteiger partial charge in [-0.3, -0.25) is 4.79 Å². The summed E-state index contributed by atoms with van der Waals surface area (Å²) in [5.74, 6) is -1.58. The number of nitrogens with one attached hydrogen (secondary N) is 1. The molecule has 0 unspecified atom stereocenters. The van der Waals surface area contributed by atoms with Gasteiger partial charge >= 0.3 is 0 Å². The molecule has 0 bridgehead atoms. The average molecular weight is 591 g/mol. The van der Waals surface area contributed by atoms with Gasteiger partial charge < -0.3 is 16.2 Å². The van der Waals surface area contributed by atoms with Gasteiger partial charge in [-0.1, -0.05) is 66.2 Å². The first-order valence-electron chi connectivity index (χ1n) is 11.9. The van der Waals surface area contributed by atoms with Crippen molar-refractivity contribution in [3.8, 4) is 0 Å². The molecule has 12 heteroatoms. The smallest absolute Gasteiger partial charge is 0.285 e. The van der Waals surface area contributed by atoms with Crippen molar-refractivity contribution >= 4 is 50.8 Å². The monoisotopic (exact) mass is 589 g/mol. The number of guanidine groups is 1. The topological polar surface area (TPSA) is 137 Å². The lowest BCUT2D eigenvalue weighted by Gasteiger charge is -2.25. The molecule has 206 valence electrons. The van der Waals surface area contributed by atoms with Crippen LogP contribution in [0.3, 0.4) is 0 Å². The predicted molar refractivity (Wildman–Crippen MR) is 155 cm³/mol. The Labute approximate surface area is 238 Å². The predicted octanol–water partition coefficient (Wildman–Crippen LogP) is 3.89. The van der Waals surface area contributed by atoms with E-state index in [4.69, 9.17) is 28.9 Å². The number of amides is 1. The van der Waals surface area contributed by atoms with Crippen LogP contribution >= 0.6 is 23.2 Å². The van der Waals surface area contributed by atoms with Crippen molar-refractivity contribution in [2.24, 2.45) is 21.2 Å². The quantitative estimate of drug-likeness (QED) is 0.230. The van der Waals surface area contributed by atoms with Crippen molar-refractivity contribution in [1.82, 2.24) is 10.3 Å². The molecular formula is C27H29Cl2N5O4S. The highest BCUT2D eigenvalue weighted by Gasteiger charge is 2.34. The number of carbonyl (C=O) groups excluding carboxylic acids is 1. The van der Waals surface area contributed by atoms with Crippen molar-refractivity contribution in [2.75, 3.05) is 6.54 Å². The first-order chi connectivity index (χ1) is 18.4. The van der Waals surface area contributed by atoms with Gasteiger partial charge in [0, 0.05) is 16.0 Å². The molecule has 0 aliphatic carbocycles. The molecule has 2 aromatic carbocycles. The summed E-state index contributed by atoms with van der Waals surface area (Å²) < 4.78 is 30.4. The molecule has 1 amide bonds. The summed E-state index contributed by atoms with van der Waals surface area (Å²) >= 11 is 12.0. The lowest BCUT2D eigenvalue weighted by atomic mass is 9.91. The fraction of sp³-hybridized carbons (Fsp3) is 0.222. The third kappa shape index (κ3) is 7.79. The molecule has 1 aliphatic heterocycles. The van der Waals surface area contributed by atoms with Crippen LogP contribution in [0.2, 0.25) is 10.0 Å². The third-order valence-electron chi connectivity index (χ3n) is 5.75. The average Bonchev–Trinajstić information content (AvgIpc) is 3.32. The molecule has 39 heavy (non-hydrogen) atoms. The van der Waals surface area contributed by atoms with Gasteiger partial charge in [0.15, 0.2) is 0 Å². The number of carbonyl (C=O) groups is 1. The summed E-state index contributed by atoms with van der Waals surface area (Å²) in [6.07, 6.45) is 6.12. The van der Waals surface area contributed by atoms with Crippen molar-refractivity contribution in [1.29, 1.82) is 0 Å². The molecule has 3 atom stereocenters. The lowest BCUT2D eigenvalue weighted by molar-refractivity contribution is -0.121. The Hall–Kier alpha value is -3.44. The Morgan fingerprint density at radius 3 is 2.31 bits per heavy atom. The number of nitrogens with two attached hydrogens (primary N) is 1. The van der Waals surface area contributed by atoms with Gasteiger partial charge in [-0.25, -0.2) is 5.01 Å². The van der Waals surface area contributed by atoms with Crippen molar-refractivity contribution < 1.29 is 18.3 Å². The van der Waals surface area contributed by atoms with E-state index >= 15 is 0 Å². The van der Waals surface area contributed by atoms with Crippen molar-refractivity contribution in [2.45, 2.75) is 30.9 Å². The Morgan fingerprint density at radius 1 is 1.18 bits per heavy atom. The SMILES string of the molecule is C=C(/C=C\C=C\C)[C@H]1CN(/C(=N/S(=O)(=O)c2ccc(Cl)cc2)N[C@@H](C(N)=O)[C@@H](C)O)N=C1c1ccc(Cl)cc1. The zero-order chi connectivity index (χ0) is 28.7. The largest absolute Gasteiger partial charge is 0.391 e. The number of hydrazone groups is 1. The summed E-state index contributed by atoms with van der Waals surface area (Å²) in [7, 11) is -4.29. The van der Waals surface area contributed by atoms with E-state index in [0.29, 0.717) is 21.3 Å². The molecule has 0 aromatic heterocycles. The van der Waals surface area contributed by atoms with Gasteiger partial charge in [-0.15, -0.1) is 4.40 Å². The van der Waals surface area contributed by atoms with Crippen LogP contribution < -0.4 is 11.1 Å². The van der Waals surface area contributed by atoms with E-state index in [-0.39, 0.29) is 23.3 Å². The summed E-state index contributed by atoms with van der Waals surface area (Å²) in [5, 5.41) is 19.7. The van der Waals surface area contributed by atoms with E-state index in [1.54, 1.807) is 24.3 Å². The zero-order valence-corrected chi connectivity index (χ0v) is 23.7. The van der Waals surface area contributed by atoms with Gasteiger partial charge in [-0.2, -0.15) is 13.5 Å². The first-order valence-corrected chi connectivity index (χ1v) is 14.1. The molecule has 0 saturated heterocycles. The minimum absolute atomic E-state index is 0.129. The number of hydrogen-bond donors (Lipinski definition) is 3. The molecule has 4 N–H and O–H groups in total. The van der Waals surface area contributed by atoms with Crippen LogP contribution in [-0.2, 0) is 14.8 Å². The number of sulfonamides is 1. The maximum absolute atomic E-state index is 13.2. The van der Waals surface area contributed by atoms with Crippen LogP contribution in [0.5, 0.6) is 0 Å². The molecule has 0 saturated carbocycles. The number of rotatable bonds is 9. The summed E-state index contributed by atoms with van der Waals surface area (Å²) in [4.78, 5) is 12.0. The second-order valence-electron chi connectivity index (χ2n) is 8.70. The number of hydrogen-bond acceptors (Lipinski definition) is 5. The molecule has 0 fully saturated rings. The van der Waals surface area contributed by atoms with Gasteiger partial charge in [0.1, 0.15) is 6.04 Å². The lowest BCUT2D eigenvalue weighted by Crippen LogP contribution is -2.54. The molecule has 3 rings (SSSR count). The van der Waals surface area contributed by atoms with Crippen LogP contribution in [0.4, 0.5) is 0 Å². The number of benzene rings is 2. The summed E-state index contributed by atoms with van der Waals surface area (Å²) in [6.45, 7) is 7.54. The van der Waals surface area contributed by atoms with E-state index in [1.165, 1.54) is 36.2 Å². The van der Waals surface area contributed by atoms with Gasteiger partial charge in [0.2, 0.25) is 11.9 Å². The van der Waals surface area contributed by atoms with Crippen LogP contribution in [0.15, 0.2) is 99.4 Å². The standard InChI is InChI=1S/C27H29Cl2N5O4S/c1-4-5-6-7-17(2)23-16-34(32-25(23)19-8-10-20(28)11-9-19)27(31-24(18(3)35)26(30)36)33-39(37,38)22-14-12-21(29)13-15-22/h4-15,18,23-24,35H,2,16H2,1,3H3,(H2,30,36)(H,31,33)/b5-4+,7-6-/t18-,23-,24-/m1/s1. The molecular weight excluding hydrogens is 561 g/mol. The van der Waals surface area contributed by atoms with Crippen LogP contribution in [-0.4, -0.2) is 54.8 Å². The number of primary amides is 1. The normalized spacial score (nSPS) is 17.9. The molecule has 1 aliphatic rings. The maximum Gasteiger partial charge on any atom is 0.285 e. The van der Waals surface area contributed by atoms with Gasteiger partial charge in [-0.05, 0) is 61.4 Å². The number of aliphatic hydroxyl groups excluding tert-OH is 1. The maximum atomic E-state index is 13.2. The highest BCUT2D eigenvalue weighted by molar-refractivity contribution is 7.90. The zero-order valence-electron chi connectivity index (χ0n) is 21.3. The first kappa shape index (κ1) is 30.1. The Balaban J connectivity index is 2.13. The van der Waals surface area contributed by atoms with Gasteiger partial charge in [0.25, 0.3) is 10.0 Å². The molecule has 2 aromatic rings. The number of aliphatic hydroxyl groups is 1. The molecule has 0 radical (unpaired) electrons. The Kier molecular flexibility index (Phi) is 10.1. The third-order valence-corrected chi connectivity index (χ3v) is 7.54. The number of nitrogens with zero attached hydrogens (tertiary/aromatic N) is 3. The van der Waals surface area contributed by atoms with E-state index in [9.17, 15) is 18.3 Å². The summed E-state index contributed by atoms with van der Waals surface area (Å²) in [6, 6.07) is 11.1. The highest BCUT2D eigenvalue weighted by Crippen LogP contribution is 2.27. The minimum Gasteiger partial charge on any atom is -0.391 e. The Bertz CT molecular complexity index is 1430. The molecule has 1 heterocycles. The second kappa shape index (κ2) is 13.1. The minimum atomic E-state index is -4.29. The van der Waals surface area contributed by atoms with Crippen molar-refractivity contribution in [3.05, 3.63) is 101 Å². The van der Waals surface area contributed by atoms with E-state index in [1.807, 2.05) is 31.2 Å². The molecule has 9 nitrogen and oxygen atoms in total.